The van der Waals surface area contributed by atoms with E-state index in [0.29, 0.717) is 12.5 Å². The van der Waals surface area contributed by atoms with Crippen molar-refractivity contribution in [3.8, 4) is 0 Å². The molecule has 1 saturated carbocycles. The molecule has 2 unspecified atom stereocenters. The van der Waals surface area contributed by atoms with Crippen LogP contribution in [0.1, 0.15) is 47.5 Å². The summed E-state index contributed by atoms with van der Waals surface area (Å²) in [4.78, 5) is 25.5. The van der Waals surface area contributed by atoms with Crippen molar-refractivity contribution in [3.05, 3.63) is 0 Å². The molecule has 1 fully saturated rings. The van der Waals surface area contributed by atoms with E-state index in [-0.39, 0.29) is 11.8 Å². The van der Waals surface area contributed by atoms with Crippen LogP contribution >= 0.6 is 0 Å². The van der Waals surface area contributed by atoms with Crippen LogP contribution in [0.2, 0.25) is 0 Å². The first-order chi connectivity index (χ1) is 8.81. The van der Waals surface area contributed by atoms with Crippen LogP contribution in [0.15, 0.2) is 0 Å². The summed E-state index contributed by atoms with van der Waals surface area (Å²) in [7, 11) is 0. The summed E-state index contributed by atoms with van der Waals surface area (Å²) in [6.45, 7) is 11.4. The van der Waals surface area contributed by atoms with E-state index >= 15 is 0 Å². The molecule has 1 N–H and O–H groups in total. The molecule has 0 aromatic rings. The zero-order chi connectivity index (χ0) is 14.8. The van der Waals surface area contributed by atoms with E-state index in [1.54, 1.807) is 0 Å². The van der Waals surface area contributed by atoms with E-state index in [4.69, 9.17) is 5.11 Å². The molecule has 0 spiro atoms. The van der Waals surface area contributed by atoms with E-state index in [1.165, 1.54) is 0 Å². The molecule has 4 nitrogen and oxygen atoms in total. The Morgan fingerprint density at radius 1 is 1.16 bits per heavy atom. The van der Waals surface area contributed by atoms with Crippen LogP contribution in [0, 0.1) is 23.2 Å². The van der Waals surface area contributed by atoms with Gasteiger partial charge in [0.15, 0.2) is 0 Å². The number of carboxylic acids is 1. The number of aliphatic carboxylic acids is 1. The number of nitrogens with zero attached hydrogens (tertiary/aromatic N) is 1. The molecule has 0 radical (unpaired) electrons. The zero-order valence-corrected chi connectivity index (χ0v) is 12.8. The first-order valence-electron chi connectivity index (χ1n) is 7.32. The molecule has 1 aliphatic rings. The summed E-state index contributed by atoms with van der Waals surface area (Å²) in [6.07, 6.45) is 2.10. The van der Waals surface area contributed by atoms with Gasteiger partial charge < -0.3 is 10.0 Å². The minimum atomic E-state index is -0.845. The molecule has 110 valence electrons. The van der Waals surface area contributed by atoms with Gasteiger partial charge in [-0.1, -0.05) is 40.5 Å². The molecule has 0 heterocycles. The Morgan fingerprint density at radius 3 is 2.00 bits per heavy atom. The van der Waals surface area contributed by atoms with Gasteiger partial charge in [-0.05, 0) is 18.3 Å². The van der Waals surface area contributed by atoms with Crippen molar-refractivity contribution in [3.63, 3.8) is 0 Å². The topological polar surface area (TPSA) is 57.6 Å². The van der Waals surface area contributed by atoms with Gasteiger partial charge in [0.05, 0.1) is 11.8 Å². The fourth-order valence-electron chi connectivity index (χ4n) is 2.99. The Labute approximate surface area is 116 Å². The highest BCUT2D eigenvalue weighted by Crippen LogP contribution is 2.59. The van der Waals surface area contributed by atoms with Gasteiger partial charge in [0, 0.05) is 13.1 Å². The van der Waals surface area contributed by atoms with E-state index in [9.17, 15) is 9.59 Å². The highest BCUT2D eigenvalue weighted by molar-refractivity contribution is 5.91. The Morgan fingerprint density at radius 2 is 1.68 bits per heavy atom. The summed E-state index contributed by atoms with van der Waals surface area (Å²) in [6, 6.07) is 0. The second-order valence-corrected chi connectivity index (χ2v) is 6.17. The van der Waals surface area contributed by atoms with E-state index in [2.05, 4.69) is 13.8 Å². The average molecular weight is 269 g/mol. The monoisotopic (exact) mass is 269 g/mol. The molecular weight excluding hydrogens is 242 g/mol. The van der Waals surface area contributed by atoms with Crippen molar-refractivity contribution < 1.29 is 14.7 Å². The third-order valence-electron chi connectivity index (χ3n) is 4.69. The maximum atomic E-state index is 12.5. The molecule has 1 aliphatic carbocycles. The summed E-state index contributed by atoms with van der Waals surface area (Å²) in [5.74, 6) is -1.18. The summed E-state index contributed by atoms with van der Waals surface area (Å²) < 4.78 is 0. The number of hydrogen-bond acceptors (Lipinski definition) is 2. The summed E-state index contributed by atoms with van der Waals surface area (Å²) in [5.41, 5.74) is -0.399. The SMILES string of the molecule is CCC(CC)CN(CC)C(=O)C1C(C(=O)O)C1(C)C. The number of carbonyl (C=O) groups excluding carboxylic acids is 1. The quantitative estimate of drug-likeness (QED) is 0.773. The lowest BCUT2D eigenvalue weighted by Crippen LogP contribution is -2.37. The molecular formula is C15H27NO3. The number of hydrogen-bond donors (Lipinski definition) is 1. The number of amides is 1. The van der Waals surface area contributed by atoms with Crippen molar-refractivity contribution in [2.24, 2.45) is 23.2 Å². The maximum Gasteiger partial charge on any atom is 0.307 e. The molecule has 1 amide bonds. The minimum Gasteiger partial charge on any atom is -0.481 e. The fraction of sp³-hybridized carbons (Fsp3) is 0.867. The largest absolute Gasteiger partial charge is 0.481 e. The maximum absolute atomic E-state index is 12.5. The van der Waals surface area contributed by atoms with E-state index in [1.807, 2.05) is 25.7 Å². The van der Waals surface area contributed by atoms with Gasteiger partial charge in [-0.3, -0.25) is 9.59 Å². The van der Waals surface area contributed by atoms with Crippen LogP contribution in [0.3, 0.4) is 0 Å². The lowest BCUT2D eigenvalue weighted by molar-refractivity contribution is -0.142. The van der Waals surface area contributed by atoms with Crippen LogP contribution in [0.4, 0.5) is 0 Å². The van der Waals surface area contributed by atoms with E-state index < -0.39 is 17.3 Å². The smallest absolute Gasteiger partial charge is 0.307 e. The lowest BCUT2D eigenvalue weighted by Gasteiger charge is -2.26. The third kappa shape index (κ3) is 3.10. The predicted octanol–water partition coefficient (Wildman–Crippen LogP) is 2.63. The normalized spacial score (nSPS) is 24.3. The number of carbonyl (C=O) groups is 2. The van der Waals surface area contributed by atoms with Gasteiger partial charge in [0.25, 0.3) is 0 Å². The van der Waals surface area contributed by atoms with Crippen molar-refractivity contribution >= 4 is 11.9 Å². The minimum absolute atomic E-state index is 0.0202. The Kier molecular flexibility index (Phi) is 4.99. The Balaban J connectivity index is 2.73. The Hall–Kier alpha value is -1.06. The standard InChI is InChI=1S/C15H27NO3/c1-6-10(7-2)9-16(8-3)13(17)11-12(14(18)19)15(11,4)5/h10-12H,6-9H2,1-5H3,(H,18,19). The first kappa shape index (κ1) is 16.0. The van der Waals surface area contributed by atoms with Crippen LogP contribution in [0.5, 0.6) is 0 Å². The molecule has 1 rings (SSSR count). The van der Waals surface area contributed by atoms with Gasteiger partial charge in [-0.25, -0.2) is 0 Å². The highest BCUT2D eigenvalue weighted by Gasteiger charge is 2.66. The van der Waals surface area contributed by atoms with Gasteiger partial charge in [-0.15, -0.1) is 0 Å². The molecule has 0 bridgehead atoms. The van der Waals surface area contributed by atoms with Gasteiger partial charge in [-0.2, -0.15) is 0 Å². The molecule has 4 heteroatoms. The second kappa shape index (κ2) is 5.93. The summed E-state index contributed by atoms with van der Waals surface area (Å²) in [5, 5.41) is 9.17. The average Bonchev–Trinajstić information content (AvgIpc) is 2.93. The van der Waals surface area contributed by atoms with Gasteiger partial charge in [0.2, 0.25) is 5.91 Å². The molecule has 0 saturated heterocycles. The highest BCUT2D eigenvalue weighted by atomic mass is 16.4. The van der Waals surface area contributed by atoms with Crippen molar-refractivity contribution in [2.75, 3.05) is 13.1 Å². The fourth-order valence-corrected chi connectivity index (χ4v) is 2.99. The second-order valence-electron chi connectivity index (χ2n) is 6.17. The number of carboxylic acid groups (broad SMARTS) is 1. The zero-order valence-electron chi connectivity index (χ0n) is 12.8. The molecule has 2 atom stereocenters. The molecule has 19 heavy (non-hydrogen) atoms. The third-order valence-corrected chi connectivity index (χ3v) is 4.69. The van der Waals surface area contributed by atoms with Crippen molar-refractivity contribution in [2.45, 2.75) is 47.5 Å². The van der Waals surface area contributed by atoms with Crippen LogP contribution in [0.25, 0.3) is 0 Å². The lowest BCUT2D eigenvalue weighted by atomic mass is 10.0. The predicted molar refractivity (Wildman–Crippen MR) is 74.7 cm³/mol. The van der Waals surface area contributed by atoms with Crippen LogP contribution in [-0.4, -0.2) is 35.0 Å². The van der Waals surface area contributed by atoms with Crippen molar-refractivity contribution in [1.29, 1.82) is 0 Å². The Bertz CT molecular complexity index is 347. The summed E-state index contributed by atoms with van der Waals surface area (Å²) >= 11 is 0. The molecule has 0 aliphatic heterocycles. The van der Waals surface area contributed by atoms with Crippen LogP contribution in [-0.2, 0) is 9.59 Å². The molecule has 0 aromatic heterocycles. The van der Waals surface area contributed by atoms with Gasteiger partial charge in [0.1, 0.15) is 0 Å². The van der Waals surface area contributed by atoms with Gasteiger partial charge >= 0.3 is 5.97 Å². The molecule has 0 aromatic carbocycles. The van der Waals surface area contributed by atoms with Crippen molar-refractivity contribution in [1.82, 2.24) is 4.90 Å². The first-order valence-corrected chi connectivity index (χ1v) is 7.32. The van der Waals surface area contributed by atoms with E-state index in [0.717, 1.165) is 19.4 Å². The number of rotatable bonds is 7. The van der Waals surface area contributed by atoms with Crippen LogP contribution < -0.4 is 0 Å².